The van der Waals surface area contributed by atoms with E-state index in [1.165, 1.54) is 17.3 Å². The van der Waals surface area contributed by atoms with Gasteiger partial charge in [-0.3, -0.25) is 9.20 Å². The highest BCUT2D eigenvalue weighted by atomic mass is 32.2. The summed E-state index contributed by atoms with van der Waals surface area (Å²) < 4.78 is 1.99. The molecule has 0 radical (unpaired) electrons. The Hall–Kier alpha value is -2.93. The van der Waals surface area contributed by atoms with Gasteiger partial charge in [0.05, 0.1) is 11.3 Å². The first-order valence-corrected chi connectivity index (χ1v) is 10.4. The van der Waals surface area contributed by atoms with Crippen LogP contribution >= 0.6 is 11.8 Å². The lowest BCUT2D eigenvalue weighted by molar-refractivity contribution is -0.118. The molecule has 0 saturated heterocycles. The van der Waals surface area contributed by atoms with Crippen LogP contribution in [0.3, 0.4) is 0 Å². The number of rotatable bonds is 6. The van der Waals surface area contributed by atoms with E-state index in [-0.39, 0.29) is 5.91 Å². The average Bonchev–Trinajstić information content (AvgIpc) is 3.42. The fraction of sp³-hybridized carbons (Fsp3) is 0.238. The molecule has 4 aromatic rings. The summed E-state index contributed by atoms with van der Waals surface area (Å²) in [5.41, 5.74) is 2.85. The third-order valence-electron chi connectivity index (χ3n) is 4.77. The van der Waals surface area contributed by atoms with E-state index >= 15 is 0 Å². The van der Waals surface area contributed by atoms with Crippen molar-refractivity contribution in [2.75, 3.05) is 5.75 Å². The van der Waals surface area contributed by atoms with Crippen LogP contribution < -0.4 is 5.32 Å². The van der Waals surface area contributed by atoms with Gasteiger partial charge >= 0.3 is 0 Å². The maximum atomic E-state index is 12.1. The summed E-state index contributed by atoms with van der Waals surface area (Å²) in [6.45, 7) is 0. The van der Waals surface area contributed by atoms with Crippen molar-refractivity contribution in [2.45, 2.75) is 30.5 Å². The van der Waals surface area contributed by atoms with Crippen molar-refractivity contribution < 1.29 is 4.79 Å². The number of thioether (sulfide) groups is 1. The Morgan fingerprint density at radius 3 is 2.68 bits per heavy atom. The maximum Gasteiger partial charge on any atom is 0.230 e. The largest absolute Gasteiger partial charge is 0.353 e. The number of carbonyl (C=O) groups is 1. The summed E-state index contributed by atoms with van der Waals surface area (Å²) in [6.07, 6.45) is 2.84. The minimum Gasteiger partial charge on any atom is -0.353 e. The van der Waals surface area contributed by atoms with E-state index in [4.69, 9.17) is 4.98 Å². The van der Waals surface area contributed by atoms with Crippen molar-refractivity contribution in [3.05, 3.63) is 66.0 Å². The summed E-state index contributed by atoms with van der Waals surface area (Å²) in [4.78, 5) is 17.0. The van der Waals surface area contributed by atoms with Crippen LogP contribution in [0, 0.1) is 0 Å². The molecule has 1 N–H and O–H groups in total. The molecule has 0 aliphatic heterocycles. The minimum atomic E-state index is 0.0441. The van der Waals surface area contributed by atoms with Crippen LogP contribution in [-0.2, 0) is 11.2 Å². The molecule has 0 spiro atoms. The van der Waals surface area contributed by atoms with Crippen molar-refractivity contribution >= 4 is 34.2 Å². The monoisotopic (exact) mass is 389 g/mol. The molecule has 1 aliphatic rings. The highest BCUT2D eigenvalue weighted by Gasteiger charge is 2.23. The molecule has 1 fully saturated rings. The van der Waals surface area contributed by atoms with E-state index in [0.29, 0.717) is 23.4 Å². The number of nitrogens with zero attached hydrogens (tertiary/aromatic N) is 4. The van der Waals surface area contributed by atoms with Gasteiger partial charge in [0.2, 0.25) is 5.91 Å². The molecular formula is C21H19N5OS. The van der Waals surface area contributed by atoms with Crippen LogP contribution in [0.2, 0.25) is 0 Å². The third kappa shape index (κ3) is 3.45. The zero-order chi connectivity index (χ0) is 18.9. The quantitative estimate of drug-likeness (QED) is 0.513. The Morgan fingerprint density at radius 2 is 1.86 bits per heavy atom. The Labute approximate surface area is 166 Å². The second kappa shape index (κ2) is 7.24. The van der Waals surface area contributed by atoms with Gasteiger partial charge in [-0.15, -0.1) is 10.2 Å². The Balaban J connectivity index is 1.54. The summed E-state index contributed by atoms with van der Waals surface area (Å²) in [5.74, 6) is 1.24. The second-order valence-electron chi connectivity index (χ2n) is 6.98. The van der Waals surface area contributed by atoms with Gasteiger partial charge in [0.15, 0.2) is 10.8 Å². The van der Waals surface area contributed by atoms with Gasteiger partial charge in [0.25, 0.3) is 0 Å². The molecule has 1 aliphatic carbocycles. The summed E-state index contributed by atoms with van der Waals surface area (Å²) in [5, 5.41) is 13.5. The van der Waals surface area contributed by atoms with E-state index < -0.39 is 0 Å². The van der Waals surface area contributed by atoms with E-state index in [0.717, 1.165) is 35.2 Å². The first-order chi connectivity index (χ1) is 13.8. The van der Waals surface area contributed by atoms with Crippen LogP contribution in [0.1, 0.15) is 24.2 Å². The minimum absolute atomic E-state index is 0.0441. The second-order valence-corrected chi connectivity index (χ2v) is 7.92. The highest BCUT2D eigenvalue weighted by Crippen LogP contribution is 2.25. The molecule has 7 heteroatoms. The molecule has 0 atom stereocenters. The van der Waals surface area contributed by atoms with Crippen molar-refractivity contribution in [2.24, 2.45) is 0 Å². The van der Waals surface area contributed by atoms with Gasteiger partial charge in [0.1, 0.15) is 5.82 Å². The number of hydrogen-bond donors (Lipinski definition) is 1. The fourth-order valence-electron chi connectivity index (χ4n) is 3.24. The summed E-state index contributed by atoms with van der Waals surface area (Å²) >= 11 is 1.41. The van der Waals surface area contributed by atoms with E-state index in [1.54, 1.807) is 0 Å². The number of fused-ring (bicyclic) bond motifs is 3. The van der Waals surface area contributed by atoms with Gasteiger partial charge in [0, 0.05) is 17.8 Å². The first-order valence-electron chi connectivity index (χ1n) is 9.37. The smallest absolute Gasteiger partial charge is 0.230 e. The van der Waals surface area contributed by atoms with Crippen molar-refractivity contribution in [3.8, 4) is 0 Å². The van der Waals surface area contributed by atoms with E-state index in [2.05, 4.69) is 27.6 Å². The number of amides is 1. The van der Waals surface area contributed by atoms with Crippen LogP contribution in [-0.4, -0.2) is 37.3 Å². The molecule has 0 unspecified atom stereocenters. The molecular weight excluding hydrogens is 370 g/mol. The highest BCUT2D eigenvalue weighted by molar-refractivity contribution is 7.99. The molecule has 0 bridgehead atoms. The van der Waals surface area contributed by atoms with Crippen molar-refractivity contribution in [3.63, 3.8) is 0 Å². The van der Waals surface area contributed by atoms with E-state index in [1.807, 2.05) is 46.9 Å². The molecule has 1 saturated carbocycles. The number of para-hydroxylation sites is 1. The van der Waals surface area contributed by atoms with Gasteiger partial charge < -0.3 is 5.32 Å². The van der Waals surface area contributed by atoms with Gasteiger partial charge in [-0.1, -0.05) is 54.2 Å². The Kier molecular flexibility index (Phi) is 4.44. The van der Waals surface area contributed by atoms with Crippen molar-refractivity contribution in [1.29, 1.82) is 0 Å². The lowest BCUT2D eigenvalue weighted by Crippen LogP contribution is -2.27. The van der Waals surface area contributed by atoms with Gasteiger partial charge in [-0.05, 0) is 30.5 Å². The van der Waals surface area contributed by atoms with Gasteiger partial charge in [-0.2, -0.15) is 0 Å². The predicted octanol–water partition coefficient (Wildman–Crippen LogP) is 3.24. The standard InChI is InChI=1S/C21H19N5OS/c27-19(22-15-10-11-15)13-28-21-25-24-20-16-8-4-5-9-17(16)23-18(26(20)21)12-14-6-2-1-3-7-14/h1-9,15H,10-13H2,(H,22,27). The number of hydrogen-bond acceptors (Lipinski definition) is 5. The molecule has 1 amide bonds. The predicted molar refractivity (Wildman–Crippen MR) is 109 cm³/mol. The summed E-state index contributed by atoms with van der Waals surface area (Å²) in [7, 11) is 0. The number of benzene rings is 2. The fourth-order valence-corrected chi connectivity index (χ4v) is 4.01. The number of aromatic nitrogens is 4. The molecule has 6 nitrogen and oxygen atoms in total. The van der Waals surface area contributed by atoms with Crippen LogP contribution in [0.25, 0.3) is 16.6 Å². The maximum absolute atomic E-state index is 12.1. The molecule has 5 rings (SSSR count). The summed E-state index contributed by atoms with van der Waals surface area (Å²) in [6, 6.07) is 18.5. The van der Waals surface area contributed by atoms with Crippen LogP contribution in [0.4, 0.5) is 0 Å². The van der Waals surface area contributed by atoms with Crippen LogP contribution in [0.15, 0.2) is 59.8 Å². The van der Waals surface area contributed by atoms with Gasteiger partial charge in [-0.25, -0.2) is 4.98 Å². The SMILES string of the molecule is O=C(CSc1nnc2c3ccccc3nc(Cc3ccccc3)n12)NC1CC1. The molecule has 2 aromatic carbocycles. The lowest BCUT2D eigenvalue weighted by Gasteiger charge is -2.09. The van der Waals surface area contributed by atoms with Crippen molar-refractivity contribution in [1.82, 2.24) is 24.9 Å². The molecule has 140 valence electrons. The topological polar surface area (TPSA) is 72.2 Å². The zero-order valence-corrected chi connectivity index (χ0v) is 16.0. The van der Waals surface area contributed by atoms with E-state index in [9.17, 15) is 4.79 Å². The average molecular weight is 389 g/mol. The van der Waals surface area contributed by atoms with Crippen LogP contribution in [0.5, 0.6) is 0 Å². The molecule has 2 heterocycles. The Bertz CT molecular complexity index is 1150. The normalized spacial score (nSPS) is 13.9. The molecule has 2 aromatic heterocycles. The zero-order valence-electron chi connectivity index (χ0n) is 15.2. The first kappa shape index (κ1) is 17.2. The Morgan fingerprint density at radius 1 is 1.07 bits per heavy atom. The lowest BCUT2D eigenvalue weighted by atomic mass is 10.1. The number of nitrogens with one attached hydrogen (secondary N) is 1. The molecule has 28 heavy (non-hydrogen) atoms. The number of carbonyl (C=O) groups excluding carboxylic acids is 1. The third-order valence-corrected chi connectivity index (χ3v) is 5.69.